The summed E-state index contributed by atoms with van der Waals surface area (Å²) in [6, 6.07) is 0. The van der Waals surface area contributed by atoms with Gasteiger partial charge in [-0.25, -0.2) is 0 Å². The van der Waals surface area contributed by atoms with E-state index in [-0.39, 0.29) is 35.7 Å². The van der Waals surface area contributed by atoms with Crippen LogP contribution in [0.1, 0.15) is 53.4 Å². The molecule has 0 radical (unpaired) electrons. The summed E-state index contributed by atoms with van der Waals surface area (Å²) in [5, 5.41) is 62.5. The number of allylic oxidation sites excluding steroid dienone is 2. The van der Waals surface area contributed by atoms with Crippen molar-refractivity contribution in [3.05, 3.63) is 22.8 Å². The van der Waals surface area contributed by atoms with E-state index in [0.29, 0.717) is 0 Å². The van der Waals surface area contributed by atoms with Crippen molar-refractivity contribution in [1.29, 1.82) is 0 Å². The molecule has 8 heteroatoms. The lowest BCUT2D eigenvalue weighted by molar-refractivity contribution is -0.315. The van der Waals surface area contributed by atoms with Gasteiger partial charge in [0.25, 0.3) is 0 Å². The van der Waals surface area contributed by atoms with Crippen molar-refractivity contribution in [3.8, 4) is 0 Å². The molecule has 3 unspecified atom stereocenters. The third-order valence-electron chi connectivity index (χ3n) is 8.90. The van der Waals surface area contributed by atoms with Crippen LogP contribution < -0.4 is 0 Å². The van der Waals surface area contributed by atoms with Crippen LogP contribution in [0.2, 0.25) is 0 Å². The maximum atomic E-state index is 11.7. The van der Waals surface area contributed by atoms with Crippen LogP contribution >= 0.6 is 0 Å². The first kappa shape index (κ1) is 26.2. The quantitative estimate of drug-likeness (QED) is 0.318. The zero-order valence-electron chi connectivity index (χ0n) is 20.7. The molecule has 4 rings (SSSR count). The Kier molecular flexibility index (Phi) is 7.64. The Balaban J connectivity index is 1.78. The molecule has 1 saturated carbocycles. The predicted octanol–water partition coefficient (Wildman–Crippen LogP) is 0.880. The van der Waals surface area contributed by atoms with Crippen LogP contribution in [0.4, 0.5) is 0 Å². The molecular weight excluding hydrogens is 440 g/mol. The van der Waals surface area contributed by atoms with Gasteiger partial charge in [-0.1, -0.05) is 44.9 Å². The van der Waals surface area contributed by atoms with E-state index in [1.165, 1.54) is 11.1 Å². The molecule has 0 amide bonds. The second-order valence-corrected chi connectivity index (χ2v) is 11.3. The van der Waals surface area contributed by atoms with Crippen molar-refractivity contribution in [1.82, 2.24) is 0 Å². The molecular formula is C26H42O8. The maximum absolute atomic E-state index is 11.7. The standard InChI is InChI=1S/C26H42O8/c1-12(2)15-7-8-26(4)9-17-14(10-27)5-6-16(17)13(3)20(29)24(19(15)26)34-25-23(32)22(31)21(30)18(11-28)33-25/h9,12-14,16,18,20-25,27-32H,5-8,10-11H2,1-4H3/b17-9-/t13-,14?,16?,18-,20-,21-,22+,23-,24?,25+,26-/m1/s1. The van der Waals surface area contributed by atoms with Gasteiger partial charge in [0.05, 0.1) is 12.7 Å². The molecule has 4 aliphatic rings. The molecule has 0 aromatic heterocycles. The van der Waals surface area contributed by atoms with E-state index in [4.69, 9.17) is 9.47 Å². The Morgan fingerprint density at radius 2 is 1.74 bits per heavy atom. The van der Waals surface area contributed by atoms with Gasteiger partial charge in [0.2, 0.25) is 0 Å². The molecule has 11 atom stereocenters. The molecule has 1 aliphatic heterocycles. The van der Waals surface area contributed by atoms with Gasteiger partial charge in [0.1, 0.15) is 30.5 Å². The van der Waals surface area contributed by atoms with Crippen molar-refractivity contribution in [3.63, 3.8) is 0 Å². The molecule has 0 aromatic rings. The van der Waals surface area contributed by atoms with Crippen LogP contribution in [-0.2, 0) is 9.47 Å². The summed E-state index contributed by atoms with van der Waals surface area (Å²) in [6.45, 7) is 7.96. The normalized spacial score (nSPS) is 48.9. The fourth-order valence-electron chi connectivity index (χ4n) is 6.82. The topological polar surface area (TPSA) is 140 Å². The second kappa shape index (κ2) is 9.90. The van der Waals surface area contributed by atoms with Crippen molar-refractivity contribution in [2.45, 2.75) is 96.3 Å². The SMILES string of the molecule is CC(C)C1=C2C(O[C@@H]3O[C@H](CO)[C@@H](O)[C@H](O)[C@H]3O)[C@H](O)[C@H](C)C3CCC(CO)/C3=C/[C@@]2(C)CC1. The van der Waals surface area contributed by atoms with Gasteiger partial charge in [-0.05, 0) is 49.0 Å². The summed E-state index contributed by atoms with van der Waals surface area (Å²) < 4.78 is 12.0. The Morgan fingerprint density at radius 3 is 2.35 bits per heavy atom. The maximum Gasteiger partial charge on any atom is 0.187 e. The van der Waals surface area contributed by atoms with Crippen LogP contribution in [-0.4, -0.2) is 86.8 Å². The Morgan fingerprint density at radius 1 is 1.03 bits per heavy atom. The van der Waals surface area contributed by atoms with Crippen LogP contribution in [0.15, 0.2) is 22.8 Å². The van der Waals surface area contributed by atoms with Crippen LogP contribution in [0.5, 0.6) is 0 Å². The molecule has 2 fully saturated rings. The summed E-state index contributed by atoms with van der Waals surface area (Å²) in [5.41, 5.74) is 3.03. The second-order valence-electron chi connectivity index (χ2n) is 11.3. The van der Waals surface area contributed by atoms with Gasteiger partial charge in [0, 0.05) is 17.9 Å². The van der Waals surface area contributed by atoms with E-state index >= 15 is 0 Å². The highest BCUT2D eigenvalue weighted by atomic mass is 16.7. The van der Waals surface area contributed by atoms with Gasteiger partial charge in [-0.15, -0.1) is 0 Å². The van der Waals surface area contributed by atoms with Crippen molar-refractivity contribution in [2.24, 2.45) is 29.1 Å². The van der Waals surface area contributed by atoms with Crippen molar-refractivity contribution >= 4 is 0 Å². The summed E-state index contributed by atoms with van der Waals surface area (Å²) in [5.74, 6) is 0.285. The minimum Gasteiger partial charge on any atom is -0.396 e. The van der Waals surface area contributed by atoms with E-state index in [9.17, 15) is 30.6 Å². The number of hydrogen-bond donors (Lipinski definition) is 6. The highest BCUT2D eigenvalue weighted by Gasteiger charge is 2.52. The lowest BCUT2D eigenvalue weighted by Crippen LogP contribution is -2.60. The van der Waals surface area contributed by atoms with Crippen molar-refractivity contribution < 1.29 is 40.1 Å². The molecule has 6 N–H and O–H groups in total. The number of aliphatic hydroxyl groups excluding tert-OH is 6. The van der Waals surface area contributed by atoms with E-state index < -0.39 is 49.5 Å². The lowest BCUT2D eigenvalue weighted by Gasteiger charge is -2.45. The molecule has 3 aliphatic carbocycles. The highest BCUT2D eigenvalue weighted by Crippen LogP contribution is 2.55. The average Bonchev–Trinajstić information content (AvgIpc) is 3.36. The van der Waals surface area contributed by atoms with E-state index in [1.54, 1.807) is 0 Å². The Labute approximate surface area is 201 Å². The van der Waals surface area contributed by atoms with Crippen LogP contribution in [0, 0.1) is 29.1 Å². The van der Waals surface area contributed by atoms with Gasteiger partial charge >= 0.3 is 0 Å². The smallest absolute Gasteiger partial charge is 0.187 e. The summed E-state index contributed by atoms with van der Waals surface area (Å²) in [6.07, 6.45) is -2.83. The first-order chi connectivity index (χ1) is 16.0. The molecule has 1 heterocycles. The Bertz CT molecular complexity index is 807. The van der Waals surface area contributed by atoms with Gasteiger partial charge in [0.15, 0.2) is 6.29 Å². The predicted molar refractivity (Wildman–Crippen MR) is 124 cm³/mol. The first-order valence-electron chi connectivity index (χ1n) is 12.7. The van der Waals surface area contributed by atoms with Crippen LogP contribution in [0.25, 0.3) is 0 Å². The molecule has 8 nitrogen and oxygen atoms in total. The minimum atomic E-state index is -1.54. The zero-order chi connectivity index (χ0) is 24.9. The number of rotatable bonds is 5. The summed E-state index contributed by atoms with van der Waals surface area (Å²) in [4.78, 5) is 0. The monoisotopic (exact) mass is 482 g/mol. The first-order valence-corrected chi connectivity index (χ1v) is 12.7. The van der Waals surface area contributed by atoms with Gasteiger partial charge < -0.3 is 40.1 Å². The summed E-state index contributed by atoms with van der Waals surface area (Å²) >= 11 is 0. The number of fused-ring (bicyclic) bond motifs is 2. The number of aliphatic hydroxyl groups is 6. The average molecular weight is 483 g/mol. The Hall–Kier alpha value is -0.840. The molecule has 34 heavy (non-hydrogen) atoms. The largest absolute Gasteiger partial charge is 0.396 e. The third-order valence-corrected chi connectivity index (χ3v) is 8.90. The van der Waals surface area contributed by atoms with E-state index in [2.05, 4.69) is 26.8 Å². The highest BCUT2D eigenvalue weighted by molar-refractivity contribution is 5.41. The molecule has 1 saturated heterocycles. The van der Waals surface area contributed by atoms with Gasteiger partial charge in [-0.3, -0.25) is 0 Å². The zero-order valence-corrected chi connectivity index (χ0v) is 20.7. The fraction of sp³-hybridized carbons (Fsp3) is 0.846. The molecule has 194 valence electrons. The van der Waals surface area contributed by atoms with Crippen LogP contribution in [0.3, 0.4) is 0 Å². The van der Waals surface area contributed by atoms with E-state index in [0.717, 1.165) is 31.3 Å². The van der Waals surface area contributed by atoms with Gasteiger partial charge in [-0.2, -0.15) is 0 Å². The minimum absolute atomic E-state index is 0.0993. The number of ether oxygens (including phenoxy) is 2. The number of hydrogen-bond acceptors (Lipinski definition) is 8. The molecule has 0 spiro atoms. The third kappa shape index (κ3) is 4.30. The van der Waals surface area contributed by atoms with Crippen molar-refractivity contribution in [2.75, 3.05) is 13.2 Å². The lowest BCUT2D eigenvalue weighted by atomic mass is 9.68. The fourth-order valence-corrected chi connectivity index (χ4v) is 6.82. The summed E-state index contributed by atoms with van der Waals surface area (Å²) in [7, 11) is 0. The van der Waals surface area contributed by atoms with E-state index in [1.807, 2.05) is 6.92 Å². The molecule has 0 bridgehead atoms. The molecule has 0 aromatic carbocycles.